The minimum atomic E-state index is -0.885. The molecule has 0 amide bonds. The number of rotatable bonds is 7. The molecule has 2 fully saturated rings. The molecule has 0 saturated carbocycles. The fourth-order valence-corrected chi connectivity index (χ4v) is 6.82. The van der Waals surface area contributed by atoms with Crippen LogP contribution in [-0.4, -0.2) is 77.6 Å². The van der Waals surface area contributed by atoms with Gasteiger partial charge in [-0.1, -0.05) is 46.2 Å². The molecule has 0 aliphatic carbocycles. The second-order valence-electron chi connectivity index (χ2n) is 11.5. The average molecular weight is 498 g/mol. The molecule has 36 heavy (non-hydrogen) atoms. The van der Waals surface area contributed by atoms with E-state index >= 15 is 0 Å². The second-order valence-corrected chi connectivity index (χ2v) is 11.5. The molecule has 6 heteroatoms. The Hall–Kier alpha value is -2.18. The Bertz CT molecular complexity index is 984. The highest BCUT2D eigenvalue weighted by atomic mass is 19.1. The summed E-state index contributed by atoms with van der Waals surface area (Å²) >= 11 is 0. The largest absolute Gasteiger partial charge is 0.478 e. The first kappa shape index (κ1) is 26.9. The zero-order valence-corrected chi connectivity index (χ0v) is 22.8. The van der Waals surface area contributed by atoms with Gasteiger partial charge in [0.25, 0.3) is 0 Å². The monoisotopic (exact) mass is 497 g/mol. The molecule has 3 heterocycles. The molecule has 1 atom stereocenters. The molecule has 0 spiro atoms. The maximum absolute atomic E-state index is 13.9. The summed E-state index contributed by atoms with van der Waals surface area (Å²) in [7, 11) is 2.05. The molecule has 0 aromatic heterocycles. The van der Waals surface area contributed by atoms with Gasteiger partial charge in [0.15, 0.2) is 0 Å². The van der Waals surface area contributed by atoms with Crippen LogP contribution in [0.25, 0.3) is 5.57 Å². The van der Waals surface area contributed by atoms with Crippen LogP contribution in [0.15, 0.2) is 41.1 Å². The van der Waals surface area contributed by atoms with E-state index in [0.29, 0.717) is 11.6 Å². The Morgan fingerprint density at radius 2 is 1.61 bits per heavy atom. The third kappa shape index (κ3) is 5.55. The lowest BCUT2D eigenvalue weighted by atomic mass is 9.78. The number of piperidine rings is 2. The second kappa shape index (κ2) is 11.5. The molecule has 1 N–H and O–H groups in total. The number of aliphatic carboxylic acids is 1. The lowest BCUT2D eigenvalue weighted by molar-refractivity contribution is -0.133. The molecule has 198 valence electrons. The Labute approximate surface area is 216 Å². The van der Waals surface area contributed by atoms with E-state index in [1.165, 1.54) is 50.2 Å². The van der Waals surface area contributed by atoms with Crippen molar-refractivity contribution >= 4 is 11.5 Å². The summed E-state index contributed by atoms with van der Waals surface area (Å²) in [6.07, 6.45) is 6.32. The maximum Gasteiger partial charge on any atom is 0.334 e. The molecule has 2 saturated heterocycles. The van der Waals surface area contributed by atoms with E-state index in [4.69, 9.17) is 0 Å². The number of hydrogen-bond acceptors (Lipinski definition) is 4. The van der Waals surface area contributed by atoms with Gasteiger partial charge >= 0.3 is 5.97 Å². The Balaban J connectivity index is 1.71. The van der Waals surface area contributed by atoms with E-state index in [0.717, 1.165) is 49.2 Å². The van der Waals surface area contributed by atoms with Crippen molar-refractivity contribution in [2.75, 3.05) is 39.8 Å². The average Bonchev–Trinajstić information content (AvgIpc) is 2.85. The molecule has 3 aliphatic rings. The first-order valence-electron chi connectivity index (χ1n) is 13.8. The molecule has 1 aromatic rings. The van der Waals surface area contributed by atoms with E-state index in [9.17, 15) is 14.3 Å². The van der Waals surface area contributed by atoms with Crippen LogP contribution in [0.3, 0.4) is 0 Å². The van der Waals surface area contributed by atoms with Crippen LogP contribution in [0.4, 0.5) is 4.39 Å². The number of nitrogens with zero attached hydrogens (tertiary/aromatic N) is 3. The van der Waals surface area contributed by atoms with E-state index in [-0.39, 0.29) is 23.7 Å². The normalized spacial score (nSPS) is 23.3. The van der Waals surface area contributed by atoms with Gasteiger partial charge < -0.3 is 14.9 Å². The van der Waals surface area contributed by atoms with Gasteiger partial charge in [0.1, 0.15) is 5.82 Å². The van der Waals surface area contributed by atoms with Gasteiger partial charge in [-0.05, 0) is 87.0 Å². The number of likely N-dealkylation sites (tertiary alicyclic amines) is 2. The summed E-state index contributed by atoms with van der Waals surface area (Å²) in [5.74, 6) is -0.835. The number of likely N-dealkylation sites (N-methyl/N-ethyl adjacent to an activating group) is 1. The fraction of sp³-hybridized carbons (Fsp3) is 0.633. The Morgan fingerprint density at radius 1 is 1.00 bits per heavy atom. The first-order chi connectivity index (χ1) is 17.2. The molecule has 0 bridgehead atoms. The zero-order chi connectivity index (χ0) is 26.0. The van der Waals surface area contributed by atoms with Gasteiger partial charge in [0, 0.05) is 30.9 Å². The molecular formula is C30H44FN3O2. The molecular weight excluding hydrogens is 453 g/mol. The summed E-state index contributed by atoms with van der Waals surface area (Å²) in [4.78, 5) is 20.2. The summed E-state index contributed by atoms with van der Waals surface area (Å²) < 4.78 is 13.9. The smallest absolute Gasteiger partial charge is 0.334 e. The highest BCUT2D eigenvalue weighted by molar-refractivity contribution is 6.03. The van der Waals surface area contributed by atoms with Crippen LogP contribution >= 0.6 is 0 Å². The number of carbonyl (C=O) groups is 1. The van der Waals surface area contributed by atoms with E-state index in [1.54, 1.807) is 12.1 Å². The summed E-state index contributed by atoms with van der Waals surface area (Å²) in [6, 6.07) is 6.81. The number of benzene rings is 1. The van der Waals surface area contributed by atoms with Crippen molar-refractivity contribution < 1.29 is 14.3 Å². The Morgan fingerprint density at radius 3 is 2.14 bits per heavy atom. The minimum absolute atomic E-state index is 0.118. The third-order valence-corrected chi connectivity index (χ3v) is 8.36. The maximum atomic E-state index is 13.9. The van der Waals surface area contributed by atoms with Crippen LogP contribution in [-0.2, 0) is 4.79 Å². The topological polar surface area (TPSA) is 47.0 Å². The van der Waals surface area contributed by atoms with Crippen molar-refractivity contribution in [1.29, 1.82) is 0 Å². The lowest BCUT2D eigenvalue weighted by Gasteiger charge is -2.45. The first-order valence-corrected chi connectivity index (χ1v) is 13.8. The number of hydrogen-bond donors (Lipinski definition) is 1. The van der Waals surface area contributed by atoms with Crippen LogP contribution in [0.5, 0.6) is 0 Å². The zero-order valence-electron chi connectivity index (χ0n) is 22.8. The number of carboxylic acid groups (broad SMARTS) is 1. The van der Waals surface area contributed by atoms with Crippen molar-refractivity contribution in [2.24, 2.45) is 11.8 Å². The van der Waals surface area contributed by atoms with Crippen molar-refractivity contribution in [2.45, 2.75) is 71.9 Å². The molecule has 1 aromatic carbocycles. The highest BCUT2D eigenvalue weighted by Crippen LogP contribution is 2.43. The highest BCUT2D eigenvalue weighted by Gasteiger charge is 2.40. The Kier molecular flexibility index (Phi) is 8.56. The molecule has 4 rings (SSSR count). The third-order valence-electron chi connectivity index (χ3n) is 8.36. The van der Waals surface area contributed by atoms with Crippen molar-refractivity contribution in [3.05, 3.63) is 52.5 Å². The molecule has 3 aliphatic heterocycles. The van der Waals surface area contributed by atoms with Gasteiger partial charge in [0.2, 0.25) is 0 Å². The minimum Gasteiger partial charge on any atom is -0.478 e. The quantitative estimate of drug-likeness (QED) is 0.539. The van der Waals surface area contributed by atoms with Crippen LogP contribution in [0.1, 0.15) is 65.4 Å². The van der Waals surface area contributed by atoms with Crippen molar-refractivity contribution in [3.63, 3.8) is 0 Å². The lowest BCUT2D eigenvalue weighted by Crippen LogP contribution is -2.48. The van der Waals surface area contributed by atoms with E-state index in [2.05, 4.69) is 42.4 Å². The summed E-state index contributed by atoms with van der Waals surface area (Å²) in [5.41, 5.74) is 4.31. The number of halogens is 1. The van der Waals surface area contributed by atoms with Crippen LogP contribution in [0, 0.1) is 17.7 Å². The van der Waals surface area contributed by atoms with Gasteiger partial charge in [-0.25, -0.2) is 9.18 Å². The predicted molar refractivity (Wildman–Crippen MR) is 144 cm³/mol. The number of carboxylic acids is 1. The van der Waals surface area contributed by atoms with Crippen LogP contribution < -0.4 is 0 Å². The van der Waals surface area contributed by atoms with E-state index in [1.807, 2.05) is 7.05 Å². The predicted octanol–water partition coefficient (Wildman–Crippen LogP) is 5.49. The molecule has 5 nitrogen and oxygen atoms in total. The van der Waals surface area contributed by atoms with Gasteiger partial charge in [-0.2, -0.15) is 0 Å². The van der Waals surface area contributed by atoms with Crippen LogP contribution in [0.2, 0.25) is 0 Å². The van der Waals surface area contributed by atoms with Crippen molar-refractivity contribution in [3.8, 4) is 0 Å². The standard InChI is InChI=1S/C30H44FN3O2/c1-20(2)28-25(19-33-17-13-24(14-18-33)34-15-7-6-8-16-34)26(22-9-11-23(31)12-10-22)27(30(35)36)29(21(3)4)32(28)5/h9-12,20-21,24,29H,6-8,13-19H2,1-5H3,(H,35,36). The number of allylic oxidation sites excluding steroid dienone is 1. The fourth-order valence-electron chi connectivity index (χ4n) is 6.82. The summed E-state index contributed by atoms with van der Waals surface area (Å²) in [6.45, 7) is 13.8. The molecule has 0 radical (unpaired) electrons. The van der Waals surface area contributed by atoms with E-state index < -0.39 is 5.97 Å². The van der Waals surface area contributed by atoms with Gasteiger partial charge in [-0.3, -0.25) is 4.90 Å². The van der Waals surface area contributed by atoms with Crippen molar-refractivity contribution in [1.82, 2.24) is 14.7 Å². The summed E-state index contributed by atoms with van der Waals surface area (Å²) in [5, 5.41) is 10.5. The molecule has 1 unspecified atom stereocenters. The SMILES string of the molecule is CC(C)C1=C(CN2CCC(N3CCCCC3)CC2)C(c2ccc(F)cc2)=C(C(=O)O)C(C(C)C)N1C. The van der Waals surface area contributed by atoms with Gasteiger partial charge in [0.05, 0.1) is 11.6 Å². The van der Waals surface area contributed by atoms with Gasteiger partial charge in [-0.15, -0.1) is 0 Å².